The van der Waals surface area contributed by atoms with Gasteiger partial charge in [0.25, 0.3) is 0 Å². The number of thiazole rings is 1. The second-order valence-electron chi connectivity index (χ2n) is 4.96. The zero-order chi connectivity index (χ0) is 13.9. The van der Waals surface area contributed by atoms with Gasteiger partial charge in [-0.25, -0.2) is 9.37 Å². The highest BCUT2D eigenvalue weighted by molar-refractivity contribution is 7.09. The largest absolute Gasteiger partial charge is 0.365 e. The van der Waals surface area contributed by atoms with E-state index < -0.39 is 0 Å². The quantitative estimate of drug-likeness (QED) is 0.918. The second-order valence-corrected chi connectivity index (χ2v) is 5.90. The minimum absolute atomic E-state index is 0.165. The molecule has 3 nitrogen and oxygen atoms in total. The third kappa shape index (κ3) is 2.83. The van der Waals surface area contributed by atoms with Crippen molar-refractivity contribution in [1.82, 2.24) is 10.3 Å². The van der Waals surface area contributed by atoms with E-state index in [1.165, 1.54) is 5.56 Å². The highest BCUT2D eigenvalue weighted by Crippen LogP contribution is 2.30. The molecule has 0 saturated carbocycles. The summed E-state index contributed by atoms with van der Waals surface area (Å²) in [4.78, 5) is 6.84. The predicted octanol–water partition coefficient (Wildman–Crippen LogP) is 2.95. The molecule has 0 unspecified atom stereocenters. The van der Waals surface area contributed by atoms with Crippen LogP contribution in [0.25, 0.3) is 0 Å². The number of nitrogens with zero attached hydrogens (tertiary/aromatic N) is 2. The number of aromatic nitrogens is 1. The first kappa shape index (κ1) is 13.5. The Hall–Kier alpha value is -1.46. The van der Waals surface area contributed by atoms with Gasteiger partial charge in [0.2, 0.25) is 0 Å². The minimum atomic E-state index is -0.165. The molecule has 0 radical (unpaired) electrons. The molecule has 0 saturated heterocycles. The predicted molar refractivity (Wildman–Crippen MR) is 80.6 cm³/mol. The Kier molecular flexibility index (Phi) is 3.98. The lowest BCUT2D eigenvalue weighted by molar-refractivity contribution is 0.627. The van der Waals surface area contributed by atoms with Crippen molar-refractivity contribution in [3.63, 3.8) is 0 Å². The molecule has 2 heterocycles. The molecular formula is C15H18FN3S. The van der Waals surface area contributed by atoms with Crippen molar-refractivity contribution in [2.75, 3.05) is 18.0 Å². The Balaban J connectivity index is 1.70. The molecule has 1 aromatic carbocycles. The number of nitrogens with one attached hydrogen (secondary N) is 1. The molecule has 0 fully saturated rings. The highest BCUT2D eigenvalue weighted by atomic mass is 32.1. The summed E-state index contributed by atoms with van der Waals surface area (Å²) in [7, 11) is 0. The molecule has 0 amide bonds. The number of hydrogen-bond acceptors (Lipinski definition) is 4. The van der Waals surface area contributed by atoms with Gasteiger partial charge in [-0.15, -0.1) is 11.3 Å². The van der Waals surface area contributed by atoms with E-state index in [-0.39, 0.29) is 5.82 Å². The molecule has 5 heteroatoms. The molecule has 2 aromatic rings. The summed E-state index contributed by atoms with van der Waals surface area (Å²) in [6.45, 7) is 5.57. The summed E-state index contributed by atoms with van der Waals surface area (Å²) >= 11 is 1.68. The molecule has 1 aliphatic heterocycles. The van der Waals surface area contributed by atoms with Crippen LogP contribution in [0.4, 0.5) is 10.1 Å². The van der Waals surface area contributed by atoms with Gasteiger partial charge in [-0.1, -0.05) is 13.0 Å². The Morgan fingerprint density at radius 1 is 1.45 bits per heavy atom. The second kappa shape index (κ2) is 5.89. The molecule has 1 N–H and O–H groups in total. The van der Waals surface area contributed by atoms with Crippen molar-refractivity contribution >= 4 is 17.0 Å². The SMILES string of the molecule is CCNCc1nc(CN2CCc3ccc(F)cc32)cs1. The summed E-state index contributed by atoms with van der Waals surface area (Å²) in [6, 6.07) is 5.07. The van der Waals surface area contributed by atoms with Gasteiger partial charge in [-0.05, 0) is 30.7 Å². The fraction of sp³-hybridized carbons (Fsp3) is 0.400. The van der Waals surface area contributed by atoms with E-state index in [1.807, 2.05) is 6.07 Å². The van der Waals surface area contributed by atoms with Crippen molar-refractivity contribution in [3.05, 3.63) is 45.7 Å². The molecular weight excluding hydrogens is 273 g/mol. The Morgan fingerprint density at radius 3 is 3.20 bits per heavy atom. The van der Waals surface area contributed by atoms with E-state index in [1.54, 1.807) is 23.5 Å². The first-order valence-electron chi connectivity index (χ1n) is 6.93. The molecule has 106 valence electrons. The maximum Gasteiger partial charge on any atom is 0.125 e. The van der Waals surface area contributed by atoms with Crippen LogP contribution in [0.3, 0.4) is 0 Å². The molecule has 1 aliphatic rings. The molecule has 0 spiro atoms. The van der Waals surface area contributed by atoms with Crippen LogP contribution in [-0.2, 0) is 19.5 Å². The number of hydrogen-bond donors (Lipinski definition) is 1. The summed E-state index contributed by atoms with van der Waals surface area (Å²) < 4.78 is 13.4. The lowest BCUT2D eigenvalue weighted by atomic mass is 10.2. The number of fused-ring (bicyclic) bond motifs is 1. The fourth-order valence-electron chi connectivity index (χ4n) is 2.51. The average Bonchev–Trinajstić information content (AvgIpc) is 3.05. The van der Waals surface area contributed by atoms with Crippen LogP contribution in [0.1, 0.15) is 23.2 Å². The number of benzene rings is 1. The van der Waals surface area contributed by atoms with Gasteiger partial charge in [0.15, 0.2) is 0 Å². The van der Waals surface area contributed by atoms with Crippen molar-refractivity contribution in [1.29, 1.82) is 0 Å². The van der Waals surface area contributed by atoms with Gasteiger partial charge in [0.1, 0.15) is 10.8 Å². The minimum Gasteiger partial charge on any atom is -0.365 e. The van der Waals surface area contributed by atoms with Gasteiger partial charge in [-0.3, -0.25) is 0 Å². The highest BCUT2D eigenvalue weighted by Gasteiger charge is 2.20. The molecule has 3 rings (SSSR count). The van der Waals surface area contributed by atoms with Crippen molar-refractivity contribution in [2.24, 2.45) is 0 Å². The van der Waals surface area contributed by atoms with Gasteiger partial charge >= 0.3 is 0 Å². The normalized spacial score (nSPS) is 13.8. The molecule has 0 bridgehead atoms. The third-order valence-electron chi connectivity index (χ3n) is 3.52. The smallest absolute Gasteiger partial charge is 0.125 e. The standard InChI is InChI=1S/C15H18FN3S/c1-2-17-8-15-18-13(10-20-15)9-19-6-5-11-3-4-12(16)7-14(11)19/h3-4,7,10,17H,2,5-6,8-9H2,1H3. The topological polar surface area (TPSA) is 28.2 Å². The van der Waals surface area contributed by atoms with Crippen LogP contribution >= 0.6 is 11.3 Å². The van der Waals surface area contributed by atoms with Crippen LogP contribution in [0.15, 0.2) is 23.6 Å². The average molecular weight is 291 g/mol. The number of anilines is 1. The summed E-state index contributed by atoms with van der Waals surface area (Å²) in [5.74, 6) is -0.165. The van der Waals surface area contributed by atoms with E-state index in [0.717, 1.165) is 49.0 Å². The van der Waals surface area contributed by atoms with E-state index in [4.69, 9.17) is 0 Å². The van der Waals surface area contributed by atoms with E-state index in [9.17, 15) is 4.39 Å². The summed E-state index contributed by atoms with van der Waals surface area (Å²) in [5.41, 5.74) is 3.32. The maximum absolute atomic E-state index is 13.4. The van der Waals surface area contributed by atoms with E-state index >= 15 is 0 Å². The first-order valence-corrected chi connectivity index (χ1v) is 7.81. The fourth-order valence-corrected chi connectivity index (χ4v) is 3.27. The first-order chi connectivity index (χ1) is 9.76. The molecule has 1 aromatic heterocycles. The monoisotopic (exact) mass is 291 g/mol. The van der Waals surface area contributed by atoms with Crippen LogP contribution in [-0.4, -0.2) is 18.1 Å². The van der Waals surface area contributed by atoms with Crippen molar-refractivity contribution < 1.29 is 4.39 Å². The van der Waals surface area contributed by atoms with Crippen molar-refractivity contribution in [3.8, 4) is 0 Å². The number of halogens is 1. The Bertz CT molecular complexity index is 597. The summed E-state index contributed by atoms with van der Waals surface area (Å²) in [5, 5.41) is 6.49. The maximum atomic E-state index is 13.4. The lowest BCUT2D eigenvalue weighted by Crippen LogP contribution is -2.20. The third-order valence-corrected chi connectivity index (χ3v) is 4.42. The molecule has 0 atom stereocenters. The lowest BCUT2D eigenvalue weighted by Gasteiger charge is -2.18. The molecule has 0 aliphatic carbocycles. The number of rotatable bonds is 5. The van der Waals surface area contributed by atoms with Crippen LogP contribution < -0.4 is 10.2 Å². The Labute approximate surface area is 122 Å². The van der Waals surface area contributed by atoms with E-state index in [2.05, 4.69) is 27.5 Å². The van der Waals surface area contributed by atoms with Gasteiger partial charge in [0.05, 0.1) is 12.2 Å². The van der Waals surface area contributed by atoms with Gasteiger partial charge in [0, 0.05) is 24.2 Å². The van der Waals surface area contributed by atoms with Crippen LogP contribution in [0.5, 0.6) is 0 Å². The van der Waals surface area contributed by atoms with Gasteiger partial charge < -0.3 is 10.2 Å². The van der Waals surface area contributed by atoms with Crippen molar-refractivity contribution in [2.45, 2.75) is 26.4 Å². The zero-order valence-corrected chi connectivity index (χ0v) is 12.3. The zero-order valence-electron chi connectivity index (χ0n) is 11.5. The van der Waals surface area contributed by atoms with E-state index in [0.29, 0.717) is 0 Å². The van der Waals surface area contributed by atoms with Crippen LogP contribution in [0.2, 0.25) is 0 Å². The Morgan fingerprint density at radius 2 is 2.35 bits per heavy atom. The van der Waals surface area contributed by atoms with Crippen LogP contribution in [0, 0.1) is 5.82 Å². The van der Waals surface area contributed by atoms with Gasteiger partial charge in [-0.2, -0.15) is 0 Å². The molecule has 20 heavy (non-hydrogen) atoms. The summed E-state index contributed by atoms with van der Waals surface area (Å²) in [6.07, 6.45) is 0.990.